The van der Waals surface area contributed by atoms with Gasteiger partial charge in [0.2, 0.25) is 0 Å². The topological polar surface area (TPSA) is 38.0 Å². The maximum Gasteiger partial charge on any atom is 0.126 e. The highest BCUT2D eigenvalue weighted by molar-refractivity contribution is 5.24. The molecule has 2 rings (SSSR count). The van der Waals surface area contributed by atoms with E-state index in [2.05, 4.69) is 5.32 Å². The Morgan fingerprint density at radius 3 is 2.94 bits per heavy atom. The second-order valence-corrected chi connectivity index (χ2v) is 4.26. The molecule has 1 saturated heterocycles. The summed E-state index contributed by atoms with van der Waals surface area (Å²) in [6.07, 6.45) is 0.914. The van der Waals surface area contributed by atoms with E-state index in [0.717, 1.165) is 19.0 Å². The third kappa shape index (κ3) is 2.23. The van der Waals surface area contributed by atoms with Crippen LogP contribution < -0.4 is 11.1 Å². The second kappa shape index (κ2) is 4.89. The molecule has 1 heterocycles. The summed E-state index contributed by atoms with van der Waals surface area (Å²) in [4.78, 5) is 0. The SMILES string of the molecule is NCC1CCNCC1c1cc(F)ccc1F. The maximum atomic E-state index is 13.6. The molecule has 0 aliphatic carbocycles. The molecule has 0 amide bonds. The van der Waals surface area contributed by atoms with Crippen LogP contribution in [0.1, 0.15) is 17.9 Å². The van der Waals surface area contributed by atoms with Crippen molar-refractivity contribution in [2.45, 2.75) is 12.3 Å². The van der Waals surface area contributed by atoms with E-state index in [-0.39, 0.29) is 17.7 Å². The molecule has 0 spiro atoms. The number of halogens is 2. The zero-order valence-electron chi connectivity index (χ0n) is 9.05. The predicted octanol–water partition coefficient (Wildman–Crippen LogP) is 1.62. The van der Waals surface area contributed by atoms with E-state index in [4.69, 9.17) is 5.73 Å². The molecule has 0 bridgehead atoms. The van der Waals surface area contributed by atoms with Gasteiger partial charge < -0.3 is 11.1 Å². The smallest absolute Gasteiger partial charge is 0.126 e. The molecule has 2 unspecified atom stereocenters. The van der Waals surface area contributed by atoms with Gasteiger partial charge in [0, 0.05) is 12.5 Å². The summed E-state index contributed by atoms with van der Waals surface area (Å²) < 4.78 is 26.7. The van der Waals surface area contributed by atoms with Gasteiger partial charge in [-0.3, -0.25) is 0 Å². The number of hydrogen-bond donors (Lipinski definition) is 2. The van der Waals surface area contributed by atoms with Crippen molar-refractivity contribution in [1.29, 1.82) is 0 Å². The number of rotatable bonds is 2. The van der Waals surface area contributed by atoms with Crippen molar-refractivity contribution >= 4 is 0 Å². The van der Waals surface area contributed by atoms with Crippen molar-refractivity contribution in [1.82, 2.24) is 5.32 Å². The molecule has 88 valence electrons. The van der Waals surface area contributed by atoms with Crippen LogP contribution in [-0.2, 0) is 0 Å². The van der Waals surface area contributed by atoms with Crippen LogP contribution in [0.15, 0.2) is 18.2 Å². The van der Waals surface area contributed by atoms with E-state index in [9.17, 15) is 8.78 Å². The van der Waals surface area contributed by atoms with Gasteiger partial charge >= 0.3 is 0 Å². The molecule has 3 N–H and O–H groups in total. The Labute approximate surface area is 93.8 Å². The molecule has 2 nitrogen and oxygen atoms in total. The van der Waals surface area contributed by atoms with Crippen LogP contribution in [0.2, 0.25) is 0 Å². The number of piperidine rings is 1. The van der Waals surface area contributed by atoms with Gasteiger partial charge in [0.05, 0.1) is 0 Å². The van der Waals surface area contributed by atoms with E-state index in [1.54, 1.807) is 0 Å². The minimum absolute atomic E-state index is 0.0190. The minimum Gasteiger partial charge on any atom is -0.330 e. The largest absolute Gasteiger partial charge is 0.330 e. The molecule has 0 aromatic heterocycles. The highest BCUT2D eigenvalue weighted by Gasteiger charge is 2.27. The first-order valence-corrected chi connectivity index (χ1v) is 5.58. The molecule has 1 aromatic rings. The predicted molar refractivity (Wildman–Crippen MR) is 59.1 cm³/mol. The van der Waals surface area contributed by atoms with Crippen LogP contribution in [-0.4, -0.2) is 19.6 Å². The monoisotopic (exact) mass is 226 g/mol. The third-order valence-electron chi connectivity index (χ3n) is 3.29. The zero-order valence-corrected chi connectivity index (χ0v) is 9.05. The molecular formula is C12H16F2N2. The summed E-state index contributed by atoms with van der Waals surface area (Å²) in [7, 11) is 0. The van der Waals surface area contributed by atoms with Crippen molar-refractivity contribution in [3.05, 3.63) is 35.4 Å². The molecule has 2 atom stereocenters. The summed E-state index contributed by atoms with van der Waals surface area (Å²) in [5.41, 5.74) is 6.12. The zero-order chi connectivity index (χ0) is 11.5. The quantitative estimate of drug-likeness (QED) is 0.804. The Bertz CT molecular complexity index is 368. The van der Waals surface area contributed by atoms with E-state index >= 15 is 0 Å². The third-order valence-corrected chi connectivity index (χ3v) is 3.29. The Morgan fingerprint density at radius 1 is 1.38 bits per heavy atom. The van der Waals surface area contributed by atoms with Crippen LogP contribution in [0.3, 0.4) is 0 Å². The average molecular weight is 226 g/mol. The molecule has 1 aliphatic rings. The van der Waals surface area contributed by atoms with E-state index in [1.807, 2.05) is 0 Å². The number of nitrogens with one attached hydrogen (secondary N) is 1. The van der Waals surface area contributed by atoms with Crippen LogP contribution in [0, 0.1) is 17.6 Å². The highest BCUT2D eigenvalue weighted by atomic mass is 19.1. The first kappa shape index (κ1) is 11.5. The summed E-state index contributed by atoms with van der Waals surface area (Å²) in [5.74, 6) is -0.515. The van der Waals surface area contributed by atoms with Gasteiger partial charge in [-0.25, -0.2) is 8.78 Å². The normalized spacial score (nSPS) is 25.7. The molecule has 0 radical (unpaired) electrons. The van der Waals surface area contributed by atoms with Gasteiger partial charge in [0.25, 0.3) is 0 Å². The van der Waals surface area contributed by atoms with Crippen molar-refractivity contribution in [3.63, 3.8) is 0 Å². The van der Waals surface area contributed by atoms with Crippen molar-refractivity contribution in [2.24, 2.45) is 11.7 Å². The van der Waals surface area contributed by atoms with Gasteiger partial charge in [-0.15, -0.1) is 0 Å². The van der Waals surface area contributed by atoms with Crippen LogP contribution in [0.25, 0.3) is 0 Å². The molecule has 0 saturated carbocycles. The van der Waals surface area contributed by atoms with Gasteiger partial charge in [0.1, 0.15) is 11.6 Å². The van der Waals surface area contributed by atoms with Crippen molar-refractivity contribution < 1.29 is 8.78 Å². The molecular weight excluding hydrogens is 210 g/mol. The Hall–Kier alpha value is -1.00. The van der Waals surface area contributed by atoms with Gasteiger partial charge in [-0.2, -0.15) is 0 Å². The maximum absolute atomic E-state index is 13.6. The average Bonchev–Trinajstić information content (AvgIpc) is 2.32. The van der Waals surface area contributed by atoms with E-state index < -0.39 is 5.82 Å². The van der Waals surface area contributed by atoms with Crippen LogP contribution in [0.4, 0.5) is 8.78 Å². The number of nitrogens with two attached hydrogens (primary N) is 1. The first-order chi connectivity index (χ1) is 7.72. The lowest BCUT2D eigenvalue weighted by molar-refractivity contribution is 0.323. The van der Waals surface area contributed by atoms with Crippen LogP contribution in [0.5, 0.6) is 0 Å². The Morgan fingerprint density at radius 2 is 2.19 bits per heavy atom. The summed E-state index contributed by atoms with van der Waals surface area (Å²) >= 11 is 0. The lowest BCUT2D eigenvalue weighted by Crippen LogP contribution is -2.38. The summed E-state index contributed by atoms with van der Waals surface area (Å²) in [5, 5.41) is 3.20. The fourth-order valence-corrected chi connectivity index (χ4v) is 2.36. The summed E-state index contributed by atoms with van der Waals surface area (Å²) in [6, 6.07) is 3.62. The second-order valence-electron chi connectivity index (χ2n) is 4.26. The molecule has 16 heavy (non-hydrogen) atoms. The van der Waals surface area contributed by atoms with Gasteiger partial charge in [-0.05, 0) is 49.2 Å². The van der Waals surface area contributed by atoms with Crippen molar-refractivity contribution in [2.75, 3.05) is 19.6 Å². The fraction of sp³-hybridized carbons (Fsp3) is 0.500. The van der Waals surface area contributed by atoms with E-state index in [0.29, 0.717) is 18.7 Å². The molecule has 1 aliphatic heterocycles. The van der Waals surface area contributed by atoms with Gasteiger partial charge in [-0.1, -0.05) is 0 Å². The molecule has 1 aromatic carbocycles. The lowest BCUT2D eigenvalue weighted by Gasteiger charge is -2.31. The standard InChI is InChI=1S/C12H16F2N2/c13-9-1-2-12(14)10(5-9)11-7-16-4-3-8(11)6-15/h1-2,5,8,11,16H,3-4,6-7,15H2. The first-order valence-electron chi connectivity index (χ1n) is 5.58. The number of hydrogen-bond acceptors (Lipinski definition) is 2. The number of benzene rings is 1. The molecule has 4 heteroatoms. The van der Waals surface area contributed by atoms with Gasteiger partial charge in [0.15, 0.2) is 0 Å². The summed E-state index contributed by atoms with van der Waals surface area (Å²) in [6.45, 7) is 2.08. The van der Waals surface area contributed by atoms with Crippen molar-refractivity contribution in [3.8, 4) is 0 Å². The Kier molecular flexibility index (Phi) is 3.51. The minimum atomic E-state index is -0.391. The fourth-order valence-electron chi connectivity index (χ4n) is 2.36. The molecule has 1 fully saturated rings. The van der Waals surface area contributed by atoms with Crippen LogP contribution >= 0.6 is 0 Å². The lowest BCUT2D eigenvalue weighted by atomic mass is 9.81. The van der Waals surface area contributed by atoms with E-state index in [1.165, 1.54) is 12.1 Å². The Balaban J connectivity index is 2.30. The highest BCUT2D eigenvalue weighted by Crippen LogP contribution is 2.30.